The van der Waals surface area contributed by atoms with E-state index in [0.717, 1.165) is 34.5 Å². The number of aromatic nitrogens is 2. The van der Waals surface area contributed by atoms with Gasteiger partial charge in [0.2, 0.25) is 0 Å². The van der Waals surface area contributed by atoms with Crippen molar-refractivity contribution in [2.24, 2.45) is 17.8 Å². The van der Waals surface area contributed by atoms with E-state index in [1.54, 1.807) is 17.5 Å². The summed E-state index contributed by atoms with van der Waals surface area (Å²) in [7, 11) is 0. The first-order chi connectivity index (χ1) is 28.1. The standard InChI is InChI=1S/C32H28NS.C20H20GeN.Ir/c1-2-5-23(6-3-1)25-13-14-27-28-7-4-8-29(32(28)34-31(27)20-25)30-19-22(15-16-33-30)18-26-17-21-9-11-24(26)12-10-21;1-21(2,3)19-13-14-20(22-15-19)18-11-9-17(10-12-18)16-7-5-4-6-8-16;/h1-7,13-16,19-21,24,26H,9-12,17-18H2;4-11,13-15H,1-3H3;/q2*-1;/i18D2;;. The van der Waals surface area contributed by atoms with Crippen molar-refractivity contribution >= 4 is 49.2 Å². The number of hydrogen-bond donors (Lipinski definition) is 0. The Balaban J connectivity index is 0.000000181. The number of pyridine rings is 2. The van der Waals surface area contributed by atoms with Crippen molar-refractivity contribution in [1.82, 2.24) is 9.97 Å². The topological polar surface area (TPSA) is 25.8 Å². The zero-order valence-electron chi connectivity index (χ0n) is 34.8. The predicted octanol–water partition coefficient (Wildman–Crippen LogP) is 13.7. The van der Waals surface area contributed by atoms with Crippen LogP contribution in [-0.2, 0) is 26.5 Å². The van der Waals surface area contributed by atoms with Gasteiger partial charge >= 0.3 is 135 Å². The number of rotatable bonds is 7. The molecule has 3 fully saturated rings. The molecule has 5 heteroatoms. The summed E-state index contributed by atoms with van der Waals surface area (Å²) in [4.78, 5) is 9.34. The average molecular weight is 1000 g/mol. The van der Waals surface area contributed by atoms with E-state index >= 15 is 0 Å². The Labute approximate surface area is 361 Å². The van der Waals surface area contributed by atoms with E-state index < -0.39 is 19.6 Å². The fourth-order valence-corrected chi connectivity index (χ4v) is 12.0. The smallest absolute Gasteiger partial charge is 0 e. The number of fused-ring (bicyclic) bond motifs is 6. The van der Waals surface area contributed by atoms with Gasteiger partial charge < -0.3 is 4.98 Å². The van der Waals surface area contributed by atoms with Crippen molar-refractivity contribution in [3.63, 3.8) is 0 Å². The summed E-state index contributed by atoms with van der Waals surface area (Å²) >= 11 is 0.000243. The monoisotopic (exact) mass is 1000 g/mol. The van der Waals surface area contributed by atoms with Crippen LogP contribution < -0.4 is 4.40 Å². The SMILES string of the molecule is [2H]C([2H])(c1ccnc(-c2[c-]ccc3c2sc2cc(-c4ccccc4)ccc23)c1)C1CC2CCC1CC2.[CH3][Ge]([CH3])([CH3])[c]1ccc(-c2[c-]cc(-c3ccccc3)cc2)nc1.[Ir]. The van der Waals surface area contributed by atoms with Gasteiger partial charge in [-0.1, -0.05) is 72.3 Å². The van der Waals surface area contributed by atoms with Gasteiger partial charge in [0, 0.05) is 33.7 Å². The van der Waals surface area contributed by atoms with E-state index in [4.69, 9.17) is 7.73 Å². The predicted molar refractivity (Wildman–Crippen MR) is 241 cm³/mol. The number of benzene rings is 5. The van der Waals surface area contributed by atoms with Crippen LogP contribution in [0.1, 0.15) is 40.4 Å². The summed E-state index contributed by atoms with van der Waals surface area (Å²) in [6.45, 7) is 0. The molecule has 0 amide bonds. The minimum absolute atomic E-state index is 0. The maximum Gasteiger partial charge on any atom is 0 e. The van der Waals surface area contributed by atoms with Crippen LogP contribution in [-0.4, -0.2) is 23.2 Å². The maximum absolute atomic E-state index is 9.16. The largest absolute Gasteiger partial charge is 0 e. The number of thiophene rings is 1. The summed E-state index contributed by atoms with van der Waals surface area (Å²) in [5.74, 6) is 8.49. The van der Waals surface area contributed by atoms with Crippen molar-refractivity contribution in [1.29, 1.82) is 0 Å². The molecule has 5 aromatic carbocycles. The molecule has 3 aliphatic carbocycles. The third-order valence-corrected chi connectivity index (χ3v) is 17.2. The van der Waals surface area contributed by atoms with Gasteiger partial charge in [-0.2, -0.15) is 11.3 Å². The maximum atomic E-state index is 9.16. The van der Waals surface area contributed by atoms with Gasteiger partial charge in [-0.25, -0.2) is 0 Å². The third-order valence-electron chi connectivity index (χ3n) is 11.8. The molecule has 1 radical (unpaired) electrons. The molecule has 3 heterocycles. The van der Waals surface area contributed by atoms with Crippen molar-refractivity contribution in [3.8, 4) is 44.8 Å². The Bertz CT molecular complexity index is 2670. The Morgan fingerprint density at radius 1 is 0.702 bits per heavy atom. The van der Waals surface area contributed by atoms with Gasteiger partial charge in [0.1, 0.15) is 0 Å². The fraction of sp³-hybridized carbons (Fsp3) is 0.231. The second-order valence-electron chi connectivity index (χ2n) is 16.5. The number of nitrogens with zero attached hydrogens (tertiary/aromatic N) is 2. The van der Waals surface area contributed by atoms with Gasteiger partial charge in [0.15, 0.2) is 0 Å². The molecule has 0 N–H and O–H groups in total. The Hall–Kier alpha value is -4.19. The summed E-state index contributed by atoms with van der Waals surface area (Å²) in [6.07, 6.45) is 8.48. The molecule has 0 aliphatic heterocycles. The van der Waals surface area contributed by atoms with E-state index in [1.807, 2.05) is 42.6 Å². The molecule has 3 saturated carbocycles. The molecular formula is C52H48GeIrN2S-2. The molecule has 287 valence electrons. The average Bonchev–Trinajstić information content (AvgIpc) is 3.66. The molecule has 11 rings (SSSR count). The van der Waals surface area contributed by atoms with Gasteiger partial charge in [-0.05, 0) is 82.4 Å². The van der Waals surface area contributed by atoms with Crippen LogP contribution in [0.3, 0.4) is 0 Å². The van der Waals surface area contributed by atoms with Gasteiger partial charge in [-0.3, -0.25) is 0 Å². The van der Waals surface area contributed by atoms with Crippen LogP contribution >= 0.6 is 11.3 Å². The molecule has 1 atom stereocenters. The van der Waals surface area contributed by atoms with Crippen LogP contribution in [0.5, 0.6) is 0 Å². The Kier molecular flexibility index (Phi) is 11.3. The van der Waals surface area contributed by atoms with E-state index in [1.165, 1.54) is 72.5 Å². The minimum Gasteiger partial charge on any atom is 0 e. The molecular weight excluding hydrogens is 949 g/mol. The minimum atomic E-state index is -1.78. The summed E-state index contributed by atoms with van der Waals surface area (Å²) in [6, 6.07) is 53.0. The Morgan fingerprint density at radius 3 is 2.09 bits per heavy atom. The van der Waals surface area contributed by atoms with Gasteiger partial charge in [0.05, 0.1) is 0 Å². The Morgan fingerprint density at radius 2 is 1.44 bits per heavy atom. The normalized spacial score (nSPS) is 18.3. The van der Waals surface area contributed by atoms with Crippen molar-refractivity contribution in [2.75, 3.05) is 0 Å². The van der Waals surface area contributed by atoms with Gasteiger partial charge in [0.25, 0.3) is 0 Å². The second-order valence-corrected chi connectivity index (χ2v) is 28.2. The summed E-state index contributed by atoms with van der Waals surface area (Å²) in [5.41, 5.74) is 9.44. The molecule has 0 saturated heterocycles. The molecule has 1 unspecified atom stereocenters. The van der Waals surface area contributed by atoms with Crippen LogP contribution in [0.2, 0.25) is 17.3 Å². The van der Waals surface area contributed by atoms with Crippen molar-refractivity contribution in [3.05, 3.63) is 164 Å². The molecule has 3 aromatic heterocycles. The first-order valence-electron chi connectivity index (χ1n) is 21.1. The number of hydrogen-bond acceptors (Lipinski definition) is 3. The summed E-state index contributed by atoms with van der Waals surface area (Å²) in [5, 5.41) is 2.46. The van der Waals surface area contributed by atoms with Crippen LogP contribution in [0, 0.1) is 29.9 Å². The van der Waals surface area contributed by atoms with Crippen LogP contribution in [0.4, 0.5) is 0 Å². The van der Waals surface area contributed by atoms with Crippen LogP contribution in [0.25, 0.3) is 64.9 Å². The summed E-state index contributed by atoms with van der Waals surface area (Å²) < 4.78 is 22.2. The quantitative estimate of drug-likeness (QED) is 0.117. The van der Waals surface area contributed by atoms with Crippen LogP contribution in [0.15, 0.2) is 146 Å². The van der Waals surface area contributed by atoms with E-state index in [0.29, 0.717) is 11.8 Å². The molecule has 2 bridgehead atoms. The first-order valence-corrected chi connectivity index (χ1v) is 28.2. The first kappa shape index (κ1) is 37.1. The third kappa shape index (κ3) is 8.81. The zero-order chi connectivity index (χ0) is 39.9. The molecule has 3 aliphatic rings. The van der Waals surface area contributed by atoms with E-state index in [2.05, 4.69) is 131 Å². The van der Waals surface area contributed by atoms with E-state index in [-0.39, 0.29) is 26.0 Å². The molecule has 57 heavy (non-hydrogen) atoms. The molecule has 2 nitrogen and oxygen atoms in total. The fourth-order valence-electron chi connectivity index (χ4n) is 8.56. The second kappa shape index (κ2) is 17.3. The van der Waals surface area contributed by atoms with Crippen molar-refractivity contribution < 1.29 is 22.8 Å². The zero-order valence-corrected chi connectivity index (χ0v) is 38.1. The van der Waals surface area contributed by atoms with Crippen molar-refractivity contribution in [2.45, 2.75) is 55.7 Å². The molecule has 8 aromatic rings. The molecule has 0 spiro atoms. The van der Waals surface area contributed by atoms with E-state index in [9.17, 15) is 0 Å². The van der Waals surface area contributed by atoms with Gasteiger partial charge in [-0.15, -0.1) is 23.8 Å².